The molecule has 2 aromatic rings. The Balaban J connectivity index is 2.34. The molecule has 1 aromatic heterocycles. The van der Waals surface area contributed by atoms with Crippen LogP contribution in [0, 0.1) is 0 Å². The van der Waals surface area contributed by atoms with Crippen LogP contribution in [0.3, 0.4) is 0 Å². The molecule has 3 N–H and O–H groups in total. The van der Waals surface area contributed by atoms with Crippen molar-refractivity contribution < 1.29 is 8.42 Å². The maximum absolute atomic E-state index is 12.6. The number of nitrogens with two attached hydrogens (primary N) is 1. The van der Waals surface area contributed by atoms with Gasteiger partial charge in [-0.1, -0.05) is 18.5 Å². The summed E-state index contributed by atoms with van der Waals surface area (Å²) in [5.74, 6) is 0.225. The summed E-state index contributed by atoms with van der Waals surface area (Å²) in [5, 5.41) is 0.448. The Morgan fingerprint density at radius 2 is 1.95 bits per heavy atom. The molecule has 1 heterocycles. The maximum Gasteiger partial charge on any atom is 0.253 e. The summed E-state index contributed by atoms with van der Waals surface area (Å²) in [6, 6.07) is 6.99. The van der Waals surface area contributed by atoms with Crippen LogP contribution in [0.2, 0.25) is 5.02 Å². The third-order valence-electron chi connectivity index (χ3n) is 2.94. The number of sulfonamides is 1. The summed E-state index contributed by atoms with van der Waals surface area (Å²) in [5.41, 5.74) is 5.07. The molecule has 7 nitrogen and oxygen atoms in total. The molecule has 22 heavy (non-hydrogen) atoms. The summed E-state index contributed by atoms with van der Waals surface area (Å²) in [6.07, 6.45) is 0. The molecule has 118 valence electrons. The highest BCUT2D eigenvalue weighted by molar-refractivity contribution is 7.89. The highest BCUT2D eigenvalue weighted by atomic mass is 35.5. The van der Waals surface area contributed by atoms with Crippen molar-refractivity contribution in [3.05, 3.63) is 51.5 Å². The molecule has 0 bridgehead atoms. The van der Waals surface area contributed by atoms with E-state index in [1.54, 1.807) is 6.92 Å². The molecule has 0 fully saturated rings. The van der Waals surface area contributed by atoms with E-state index in [1.165, 1.54) is 28.6 Å². The first-order chi connectivity index (χ1) is 10.3. The highest BCUT2D eigenvalue weighted by Crippen LogP contribution is 2.19. The summed E-state index contributed by atoms with van der Waals surface area (Å²) in [7, 11) is -3.72. The fourth-order valence-corrected chi connectivity index (χ4v) is 3.43. The molecule has 0 unspecified atom stereocenters. The third-order valence-corrected chi connectivity index (χ3v) is 5.13. The molecule has 0 saturated heterocycles. The van der Waals surface area contributed by atoms with Gasteiger partial charge in [0.25, 0.3) is 5.56 Å². The van der Waals surface area contributed by atoms with Gasteiger partial charge in [-0.3, -0.25) is 4.79 Å². The normalized spacial score (nSPS) is 11.8. The lowest BCUT2D eigenvalue weighted by atomic mass is 10.4. The number of hydrogen-bond acceptors (Lipinski definition) is 5. The van der Waals surface area contributed by atoms with Crippen LogP contribution in [-0.4, -0.2) is 29.2 Å². The van der Waals surface area contributed by atoms with Gasteiger partial charge in [0, 0.05) is 17.6 Å². The average Bonchev–Trinajstić information content (AvgIpc) is 2.44. The Morgan fingerprint density at radius 3 is 2.50 bits per heavy atom. The molecular formula is C13H15ClN4O3S. The van der Waals surface area contributed by atoms with Gasteiger partial charge in [0.05, 0.1) is 11.4 Å². The Labute approximate surface area is 132 Å². The molecule has 1 aromatic carbocycles. The fraction of sp³-hybridized carbons (Fsp3) is 0.231. The Hall–Kier alpha value is -1.90. The van der Waals surface area contributed by atoms with Crippen molar-refractivity contribution in [2.24, 2.45) is 0 Å². The lowest BCUT2D eigenvalue weighted by molar-refractivity contribution is 0.413. The number of nitrogens with one attached hydrogen (secondary N) is 1. The largest absolute Gasteiger partial charge is 0.383 e. The number of aromatic nitrogens is 2. The smallest absolute Gasteiger partial charge is 0.253 e. The van der Waals surface area contributed by atoms with E-state index >= 15 is 0 Å². The predicted molar refractivity (Wildman–Crippen MR) is 84.0 cm³/mol. The van der Waals surface area contributed by atoms with E-state index in [-0.39, 0.29) is 29.6 Å². The minimum atomic E-state index is -3.72. The van der Waals surface area contributed by atoms with Gasteiger partial charge in [-0.25, -0.2) is 13.4 Å². The van der Waals surface area contributed by atoms with Crippen LogP contribution >= 0.6 is 11.6 Å². The summed E-state index contributed by atoms with van der Waals surface area (Å²) in [4.78, 5) is 17.9. The highest BCUT2D eigenvalue weighted by Gasteiger charge is 2.24. The van der Waals surface area contributed by atoms with Crippen molar-refractivity contribution in [3.8, 4) is 0 Å². The van der Waals surface area contributed by atoms with E-state index < -0.39 is 15.6 Å². The number of anilines is 1. The van der Waals surface area contributed by atoms with Crippen molar-refractivity contribution in [1.29, 1.82) is 0 Å². The number of benzene rings is 1. The topological polar surface area (TPSA) is 109 Å². The molecule has 9 heteroatoms. The van der Waals surface area contributed by atoms with Crippen molar-refractivity contribution in [1.82, 2.24) is 14.3 Å². The number of rotatable bonds is 5. The molecule has 0 aliphatic heterocycles. The van der Waals surface area contributed by atoms with Crippen molar-refractivity contribution in [2.45, 2.75) is 18.4 Å². The number of H-pyrrole nitrogens is 1. The monoisotopic (exact) mass is 342 g/mol. The molecule has 2 rings (SSSR count). The fourth-order valence-electron chi connectivity index (χ4n) is 1.89. The quantitative estimate of drug-likeness (QED) is 0.849. The number of hydrogen-bond donors (Lipinski definition) is 2. The van der Waals surface area contributed by atoms with Crippen molar-refractivity contribution >= 4 is 27.4 Å². The standard InChI is InChI=1S/C13H15ClN4O3S/c1-2-18(8-12-16-11(15)7-13(19)17-12)22(20,21)10-5-3-9(14)4-6-10/h3-7H,2,8H2,1H3,(H3,15,16,17,19). The van der Waals surface area contributed by atoms with E-state index in [4.69, 9.17) is 17.3 Å². The van der Waals surface area contributed by atoms with Gasteiger partial charge in [-0.15, -0.1) is 0 Å². The molecule has 0 spiro atoms. The summed E-state index contributed by atoms with van der Waals surface area (Å²) >= 11 is 5.77. The van der Waals surface area contributed by atoms with E-state index in [0.29, 0.717) is 5.02 Å². The van der Waals surface area contributed by atoms with E-state index in [1.807, 2.05) is 0 Å². The van der Waals surface area contributed by atoms with Gasteiger partial charge in [0.15, 0.2) is 0 Å². The summed E-state index contributed by atoms with van der Waals surface area (Å²) < 4.78 is 26.3. The maximum atomic E-state index is 12.6. The van der Waals surface area contributed by atoms with Gasteiger partial charge < -0.3 is 10.7 Å². The minimum absolute atomic E-state index is 0.0405. The van der Waals surface area contributed by atoms with Gasteiger partial charge in [-0.05, 0) is 24.3 Å². The first-order valence-electron chi connectivity index (χ1n) is 6.44. The van der Waals surface area contributed by atoms with Gasteiger partial charge >= 0.3 is 0 Å². The van der Waals surface area contributed by atoms with Crippen LogP contribution < -0.4 is 11.3 Å². The Kier molecular flexibility index (Phi) is 4.84. The molecule has 0 aliphatic carbocycles. The zero-order valence-corrected chi connectivity index (χ0v) is 13.4. The van der Waals surface area contributed by atoms with Gasteiger partial charge in [0.2, 0.25) is 10.0 Å². The lowest BCUT2D eigenvalue weighted by Gasteiger charge is -2.20. The van der Waals surface area contributed by atoms with Crippen LogP contribution in [0.15, 0.2) is 40.0 Å². The van der Waals surface area contributed by atoms with Gasteiger partial charge in [0.1, 0.15) is 11.6 Å². The third kappa shape index (κ3) is 3.65. The lowest BCUT2D eigenvalue weighted by Crippen LogP contribution is -2.32. The second kappa shape index (κ2) is 6.47. The zero-order chi connectivity index (χ0) is 16.3. The van der Waals surface area contributed by atoms with Crippen molar-refractivity contribution in [3.63, 3.8) is 0 Å². The second-order valence-corrected chi connectivity index (χ2v) is 6.88. The Bertz CT molecular complexity index is 818. The van der Waals surface area contributed by atoms with Crippen LogP contribution in [0.25, 0.3) is 0 Å². The predicted octanol–water partition coefficient (Wildman–Crippen LogP) is 1.22. The van der Waals surface area contributed by atoms with Crippen LogP contribution in [0.4, 0.5) is 5.82 Å². The van der Waals surface area contributed by atoms with Gasteiger partial charge in [-0.2, -0.15) is 4.31 Å². The average molecular weight is 343 g/mol. The molecule has 0 saturated carbocycles. The van der Waals surface area contributed by atoms with E-state index in [0.717, 1.165) is 6.07 Å². The summed E-state index contributed by atoms with van der Waals surface area (Å²) in [6.45, 7) is 1.82. The van der Waals surface area contributed by atoms with Crippen molar-refractivity contribution in [2.75, 3.05) is 12.3 Å². The first-order valence-corrected chi connectivity index (χ1v) is 8.26. The number of nitrogens with zero attached hydrogens (tertiary/aromatic N) is 2. The molecule has 0 amide bonds. The molecule has 0 aliphatic rings. The first kappa shape index (κ1) is 16.5. The number of nitrogen functional groups attached to an aromatic ring is 1. The zero-order valence-electron chi connectivity index (χ0n) is 11.8. The molecule has 0 radical (unpaired) electrons. The van der Waals surface area contributed by atoms with Crippen LogP contribution in [-0.2, 0) is 16.6 Å². The van der Waals surface area contributed by atoms with E-state index in [9.17, 15) is 13.2 Å². The number of aromatic amines is 1. The molecule has 0 atom stereocenters. The van der Waals surface area contributed by atoms with Crippen LogP contribution in [0.5, 0.6) is 0 Å². The molecular weight excluding hydrogens is 328 g/mol. The minimum Gasteiger partial charge on any atom is -0.383 e. The second-order valence-electron chi connectivity index (χ2n) is 4.50. The number of halogens is 1. The van der Waals surface area contributed by atoms with E-state index in [2.05, 4.69) is 9.97 Å². The van der Waals surface area contributed by atoms with Crippen LogP contribution in [0.1, 0.15) is 12.7 Å². The SMILES string of the molecule is CCN(Cc1nc(N)cc(=O)[nH]1)S(=O)(=O)c1ccc(Cl)cc1. The Morgan fingerprint density at radius 1 is 1.32 bits per heavy atom.